The molecular weight excluding hydrogens is 573 g/mol. The van der Waals surface area contributed by atoms with Crippen LogP contribution >= 0.6 is 11.3 Å². The second kappa shape index (κ2) is 13.1. The van der Waals surface area contributed by atoms with Crippen LogP contribution in [0.5, 0.6) is 11.5 Å². The number of thiophene rings is 1. The minimum Gasteiger partial charge on any atom is -0.496 e. The van der Waals surface area contributed by atoms with E-state index in [-0.39, 0.29) is 29.4 Å². The van der Waals surface area contributed by atoms with Crippen molar-refractivity contribution in [3.63, 3.8) is 0 Å². The van der Waals surface area contributed by atoms with Crippen LogP contribution in [-0.4, -0.2) is 38.8 Å². The molecule has 0 aliphatic carbocycles. The van der Waals surface area contributed by atoms with Crippen LogP contribution in [0.4, 0.5) is 35.2 Å². The maximum atomic E-state index is 14.7. The third-order valence-electron chi connectivity index (χ3n) is 5.87. The molecule has 0 unspecified atom stereocenters. The van der Waals surface area contributed by atoms with Gasteiger partial charge in [-0.3, -0.25) is 10.1 Å². The maximum Gasteiger partial charge on any atom is 0.347 e. The van der Waals surface area contributed by atoms with Gasteiger partial charge in [0.25, 0.3) is 0 Å². The summed E-state index contributed by atoms with van der Waals surface area (Å²) in [6.45, 7) is -0.245. The van der Waals surface area contributed by atoms with E-state index in [1.54, 1.807) is 23.5 Å². The Morgan fingerprint density at radius 1 is 0.976 bits per heavy atom. The molecule has 0 aliphatic heterocycles. The zero-order valence-electron chi connectivity index (χ0n) is 22.6. The van der Waals surface area contributed by atoms with Crippen molar-refractivity contribution in [2.24, 2.45) is 0 Å². The summed E-state index contributed by atoms with van der Waals surface area (Å²) in [7, 11) is 5.32. The van der Waals surface area contributed by atoms with Gasteiger partial charge in [-0.25, -0.2) is 13.6 Å². The highest BCUT2D eigenvalue weighted by atomic mass is 32.1. The number of ether oxygens (including phenoxy) is 2. The molecule has 2 N–H and O–H groups in total. The summed E-state index contributed by atoms with van der Waals surface area (Å²) in [5.74, 6) is -4.19. The van der Waals surface area contributed by atoms with Crippen LogP contribution in [0.25, 0.3) is 12.2 Å². The molecule has 9 nitrogen and oxygen atoms in total. The molecule has 1 aromatic heterocycles. The minimum atomic E-state index is -1.06. The second-order valence-corrected chi connectivity index (χ2v) is 10.1. The summed E-state index contributed by atoms with van der Waals surface area (Å²) < 4.78 is 53.7. The molecule has 13 heteroatoms. The van der Waals surface area contributed by atoms with Gasteiger partial charge in [0.2, 0.25) is 5.82 Å². The first-order valence-electron chi connectivity index (χ1n) is 12.3. The fraction of sp³-hybridized carbons (Fsp3) is 0.138. The van der Waals surface area contributed by atoms with Crippen LogP contribution in [0.2, 0.25) is 0 Å². The van der Waals surface area contributed by atoms with E-state index in [9.17, 15) is 28.1 Å². The van der Waals surface area contributed by atoms with Crippen LogP contribution < -0.4 is 25.0 Å². The molecule has 0 atom stereocenters. The van der Waals surface area contributed by atoms with Crippen molar-refractivity contribution in [1.29, 1.82) is 0 Å². The lowest BCUT2D eigenvalue weighted by Gasteiger charge is -2.13. The third-order valence-corrected chi connectivity index (χ3v) is 7.09. The molecule has 0 bridgehead atoms. The van der Waals surface area contributed by atoms with Gasteiger partial charge >= 0.3 is 11.7 Å². The van der Waals surface area contributed by atoms with E-state index >= 15 is 0 Å². The Bertz CT molecular complexity index is 1640. The zero-order valence-corrected chi connectivity index (χ0v) is 23.4. The Balaban J connectivity index is 1.40. The largest absolute Gasteiger partial charge is 0.496 e. The highest BCUT2D eigenvalue weighted by Gasteiger charge is 2.19. The molecule has 4 rings (SSSR count). The number of carbonyl (C=O) groups is 1. The van der Waals surface area contributed by atoms with Gasteiger partial charge in [-0.1, -0.05) is 12.1 Å². The quantitative estimate of drug-likeness (QED) is 0.0624. The van der Waals surface area contributed by atoms with E-state index < -0.39 is 39.7 Å². The van der Waals surface area contributed by atoms with E-state index in [4.69, 9.17) is 9.47 Å². The third kappa shape index (κ3) is 7.18. The van der Waals surface area contributed by atoms with E-state index in [1.165, 1.54) is 19.2 Å². The van der Waals surface area contributed by atoms with E-state index in [0.717, 1.165) is 39.7 Å². The highest BCUT2D eigenvalue weighted by Crippen LogP contribution is 2.29. The number of nitro benzene ring substituents is 1. The Labute approximate surface area is 243 Å². The van der Waals surface area contributed by atoms with Gasteiger partial charge in [-0.15, -0.1) is 11.3 Å². The number of esters is 1. The zero-order chi connectivity index (χ0) is 30.4. The number of nitro groups is 1. The number of hydrogen-bond acceptors (Lipinski definition) is 9. The standard InChI is InChI=1S/C29H25F3N4O5S/c1-35(2)27-11-8-20(42-27)7-4-17-5-9-21(26(12-17)40-3)29(37)41-19-14-23(31)28(24(32)15-19)34-16-33-18-6-10-25(36(38)39)22(30)13-18/h4-15,33-34H,16H2,1-3H3/b7-4+. The average molecular weight is 599 g/mol. The number of rotatable bonds is 11. The molecular formula is C29H25F3N4O5S. The summed E-state index contributed by atoms with van der Waals surface area (Å²) in [6, 6.07) is 13.6. The van der Waals surface area contributed by atoms with Gasteiger partial charge in [0.05, 0.1) is 23.7 Å². The topological polar surface area (TPSA) is 106 Å². The highest BCUT2D eigenvalue weighted by molar-refractivity contribution is 7.16. The van der Waals surface area contributed by atoms with Crippen molar-refractivity contribution in [3.8, 4) is 11.5 Å². The first-order chi connectivity index (χ1) is 20.0. The van der Waals surface area contributed by atoms with Crippen LogP contribution in [0.1, 0.15) is 20.8 Å². The lowest BCUT2D eigenvalue weighted by atomic mass is 10.1. The van der Waals surface area contributed by atoms with E-state index in [1.807, 2.05) is 43.3 Å². The Kier molecular flexibility index (Phi) is 9.32. The van der Waals surface area contributed by atoms with Crippen LogP contribution in [0, 0.1) is 27.6 Å². The molecule has 0 fully saturated rings. The maximum absolute atomic E-state index is 14.7. The van der Waals surface area contributed by atoms with Crippen LogP contribution in [0.15, 0.2) is 60.7 Å². The number of carbonyl (C=O) groups excluding carboxylic acids is 1. The predicted octanol–water partition coefficient (Wildman–Crippen LogP) is 7.02. The number of hydrogen-bond donors (Lipinski definition) is 2. The van der Waals surface area contributed by atoms with E-state index in [2.05, 4.69) is 10.6 Å². The van der Waals surface area contributed by atoms with Crippen molar-refractivity contribution in [2.45, 2.75) is 0 Å². The Morgan fingerprint density at radius 3 is 2.33 bits per heavy atom. The van der Waals surface area contributed by atoms with Gasteiger partial charge in [0, 0.05) is 48.9 Å². The lowest BCUT2D eigenvalue weighted by molar-refractivity contribution is -0.387. The number of anilines is 3. The van der Waals surface area contributed by atoms with Crippen molar-refractivity contribution in [2.75, 3.05) is 43.4 Å². The van der Waals surface area contributed by atoms with Crippen LogP contribution in [0.3, 0.4) is 0 Å². The summed E-state index contributed by atoms with van der Waals surface area (Å²) >= 11 is 1.62. The summed E-state index contributed by atoms with van der Waals surface area (Å²) in [4.78, 5) is 25.7. The van der Waals surface area contributed by atoms with Crippen molar-refractivity contribution >= 4 is 51.5 Å². The molecule has 0 saturated carbocycles. The fourth-order valence-corrected chi connectivity index (χ4v) is 4.60. The Morgan fingerprint density at radius 2 is 1.71 bits per heavy atom. The molecule has 0 saturated heterocycles. The van der Waals surface area contributed by atoms with Gasteiger partial charge in [-0.05, 0) is 42.0 Å². The molecule has 42 heavy (non-hydrogen) atoms. The number of nitrogens with zero attached hydrogens (tertiary/aromatic N) is 2. The van der Waals surface area contributed by atoms with Gasteiger partial charge < -0.3 is 25.0 Å². The van der Waals surface area contributed by atoms with Crippen molar-refractivity contribution < 1.29 is 32.4 Å². The summed E-state index contributed by atoms with van der Waals surface area (Å²) in [6.07, 6.45) is 3.80. The monoisotopic (exact) mass is 598 g/mol. The van der Waals surface area contributed by atoms with Crippen LogP contribution in [-0.2, 0) is 0 Å². The normalized spacial score (nSPS) is 10.9. The minimum absolute atomic E-state index is 0.0585. The molecule has 0 aliphatic rings. The number of methoxy groups -OCH3 is 1. The number of nitrogens with one attached hydrogen (secondary N) is 2. The smallest absolute Gasteiger partial charge is 0.347 e. The van der Waals surface area contributed by atoms with Crippen molar-refractivity contribution in [1.82, 2.24) is 0 Å². The summed E-state index contributed by atoms with van der Waals surface area (Å²) in [5.41, 5.74) is -0.252. The molecule has 4 aromatic rings. The predicted molar refractivity (Wildman–Crippen MR) is 157 cm³/mol. The van der Waals surface area contributed by atoms with E-state index in [0.29, 0.717) is 0 Å². The van der Waals surface area contributed by atoms with Crippen molar-refractivity contribution in [3.05, 3.63) is 104 Å². The number of halogens is 3. The molecule has 0 amide bonds. The molecule has 1 heterocycles. The lowest BCUT2D eigenvalue weighted by Crippen LogP contribution is -2.15. The molecule has 0 spiro atoms. The molecule has 218 valence electrons. The number of benzene rings is 3. The Hall–Kier alpha value is -5.04. The SMILES string of the molecule is COc1cc(/C=C/c2ccc(N(C)C)s2)ccc1C(=O)Oc1cc(F)c(NCNc2ccc([N+](=O)[O-])c(F)c2)c(F)c1. The fourth-order valence-electron chi connectivity index (χ4n) is 3.77. The van der Waals surface area contributed by atoms with Gasteiger partial charge in [0.15, 0.2) is 11.6 Å². The first-order valence-corrected chi connectivity index (χ1v) is 13.1. The molecule has 3 aromatic carbocycles. The average Bonchev–Trinajstić information content (AvgIpc) is 3.42. The van der Waals surface area contributed by atoms with Gasteiger partial charge in [0.1, 0.15) is 22.7 Å². The summed E-state index contributed by atoms with van der Waals surface area (Å²) in [5, 5.41) is 16.9. The molecule has 0 radical (unpaired) electrons. The second-order valence-electron chi connectivity index (χ2n) is 8.97. The first kappa shape index (κ1) is 29.9. The van der Waals surface area contributed by atoms with Gasteiger partial charge in [-0.2, -0.15) is 4.39 Å².